The van der Waals surface area contributed by atoms with Crippen LogP contribution in [0.5, 0.6) is 11.5 Å². The van der Waals surface area contributed by atoms with Crippen LogP contribution in [-0.4, -0.2) is 24.1 Å². The average Bonchev–Trinajstić information content (AvgIpc) is 2.91. The lowest BCUT2D eigenvalue weighted by Crippen LogP contribution is -2.05. The van der Waals surface area contributed by atoms with Crippen LogP contribution in [0.1, 0.15) is 11.1 Å². The summed E-state index contributed by atoms with van der Waals surface area (Å²) in [6, 6.07) is 13.7. The lowest BCUT2D eigenvalue weighted by Gasteiger charge is -2.01. The summed E-state index contributed by atoms with van der Waals surface area (Å²) in [5, 5.41) is 9.74. The quantitative estimate of drug-likeness (QED) is 0.698. The highest BCUT2D eigenvalue weighted by Crippen LogP contribution is 2.24. The van der Waals surface area contributed by atoms with Crippen LogP contribution >= 0.6 is 0 Å². The Bertz CT molecular complexity index is 776. The van der Waals surface area contributed by atoms with Gasteiger partial charge in [-0.3, -0.25) is 0 Å². The minimum absolute atomic E-state index is 0.0795. The molecule has 3 rings (SSSR count). The number of phenolic OH excluding ortho intramolecular Hbond substituents is 1. The molecule has 0 bridgehead atoms. The Labute approximate surface area is 127 Å². The van der Waals surface area contributed by atoms with Crippen LogP contribution in [0, 0.1) is 0 Å². The van der Waals surface area contributed by atoms with Gasteiger partial charge in [-0.05, 0) is 36.4 Å². The van der Waals surface area contributed by atoms with E-state index in [9.17, 15) is 9.90 Å². The summed E-state index contributed by atoms with van der Waals surface area (Å²) in [4.78, 5) is 16.1. The second kappa shape index (κ2) is 5.73. The number of carbonyl (C=O) groups excluding carboxylic acids is 1. The lowest BCUT2D eigenvalue weighted by atomic mass is 10.1. The van der Waals surface area contributed by atoms with Gasteiger partial charge in [0.2, 0.25) is 5.90 Å². The van der Waals surface area contributed by atoms with E-state index in [1.54, 1.807) is 55.6 Å². The molecule has 0 saturated carbocycles. The van der Waals surface area contributed by atoms with E-state index in [2.05, 4.69) is 4.99 Å². The first kappa shape index (κ1) is 13.9. The number of para-hydroxylation sites is 1. The van der Waals surface area contributed by atoms with E-state index in [1.165, 1.54) is 6.08 Å². The van der Waals surface area contributed by atoms with E-state index in [0.29, 0.717) is 16.9 Å². The zero-order chi connectivity index (χ0) is 15.5. The molecule has 0 atom stereocenters. The van der Waals surface area contributed by atoms with Gasteiger partial charge in [0.25, 0.3) is 0 Å². The van der Waals surface area contributed by atoms with Crippen LogP contribution < -0.4 is 4.74 Å². The normalized spacial score (nSPS) is 15.6. The number of methoxy groups -OCH3 is 1. The van der Waals surface area contributed by atoms with Crippen molar-refractivity contribution in [2.75, 3.05) is 7.11 Å². The third-order valence-corrected chi connectivity index (χ3v) is 3.19. The molecule has 110 valence electrons. The van der Waals surface area contributed by atoms with Gasteiger partial charge in [0.05, 0.1) is 7.11 Å². The highest BCUT2D eigenvalue weighted by molar-refractivity contribution is 6.12. The summed E-state index contributed by atoms with van der Waals surface area (Å²) in [5.74, 6) is 0.470. The van der Waals surface area contributed by atoms with Crippen molar-refractivity contribution in [1.29, 1.82) is 0 Å². The maximum absolute atomic E-state index is 11.9. The van der Waals surface area contributed by atoms with Crippen molar-refractivity contribution in [3.8, 4) is 11.5 Å². The van der Waals surface area contributed by atoms with Crippen LogP contribution in [0.4, 0.5) is 0 Å². The van der Waals surface area contributed by atoms with Gasteiger partial charge in [0.1, 0.15) is 11.5 Å². The summed E-state index contributed by atoms with van der Waals surface area (Å²) in [5.41, 5.74) is 1.33. The summed E-state index contributed by atoms with van der Waals surface area (Å²) in [7, 11) is 1.58. The molecule has 1 heterocycles. The van der Waals surface area contributed by atoms with Gasteiger partial charge in [0, 0.05) is 11.1 Å². The Morgan fingerprint density at radius 3 is 2.55 bits per heavy atom. The fourth-order valence-corrected chi connectivity index (χ4v) is 2.02. The average molecular weight is 295 g/mol. The van der Waals surface area contributed by atoms with Crippen molar-refractivity contribution in [3.05, 3.63) is 65.4 Å². The first-order valence-corrected chi connectivity index (χ1v) is 6.62. The van der Waals surface area contributed by atoms with Crippen LogP contribution in [0.25, 0.3) is 6.08 Å². The van der Waals surface area contributed by atoms with E-state index in [1.807, 2.05) is 0 Å². The number of phenols is 1. The zero-order valence-corrected chi connectivity index (χ0v) is 11.8. The van der Waals surface area contributed by atoms with Gasteiger partial charge >= 0.3 is 5.97 Å². The number of nitrogens with zero attached hydrogens (tertiary/aromatic N) is 1. The van der Waals surface area contributed by atoms with E-state index >= 15 is 0 Å². The fraction of sp³-hybridized carbons (Fsp3) is 0.0588. The van der Waals surface area contributed by atoms with Crippen LogP contribution in [0.15, 0.2) is 59.2 Å². The minimum atomic E-state index is -0.547. The number of carbonyl (C=O) groups is 1. The molecule has 2 aromatic carbocycles. The summed E-state index contributed by atoms with van der Waals surface area (Å²) in [6.45, 7) is 0. The van der Waals surface area contributed by atoms with E-state index in [-0.39, 0.29) is 17.3 Å². The minimum Gasteiger partial charge on any atom is -0.507 e. The monoisotopic (exact) mass is 295 g/mol. The molecule has 1 aliphatic rings. The first-order chi connectivity index (χ1) is 10.7. The third kappa shape index (κ3) is 2.69. The lowest BCUT2D eigenvalue weighted by molar-refractivity contribution is -0.129. The highest BCUT2D eigenvalue weighted by Gasteiger charge is 2.24. The zero-order valence-electron chi connectivity index (χ0n) is 11.8. The van der Waals surface area contributed by atoms with Gasteiger partial charge in [-0.25, -0.2) is 9.79 Å². The van der Waals surface area contributed by atoms with Crippen molar-refractivity contribution in [1.82, 2.24) is 0 Å². The number of esters is 1. The predicted octanol–water partition coefficient (Wildman–Crippen LogP) is 2.75. The topological polar surface area (TPSA) is 68.1 Å². The molecule has 0 aliphatic carbocycles. The van der Waals surface area contributed by atoms with Crippen molar-refractivity contribution in [3.63, 3.8) is 0 Å². The Balaban J connectivity index is 1.92. The number of cyclic esters (lactones) is 1. The fourth-order valence-electron chi connectivity index (χ4n) is 2.02. The number of aliphatic imine (C=N–C) groups is 1. The van der Waals surface area contributed by atoms with Crippen LogP contribution in [-0.2, 0) is 9.53 Å². The van der Waals surface area contributed by atoms with Crippen LogP contribution in [0.2, 0.25) is 0 Å². The molecule has 0 radical (unpaired) electrons. The molecule has 0 amide bonds. The Hall–Kier alpha value is -3.08. The van der Waals surface area contributed by atoms with E-state index in [0.717, 1.165) is 0 Å². The molecule has 0 aromatic heterocycles. The van der Waals surface area contributed by atoms with Crippen molar-refractivity contribution >= 4 is 17.9 Å². The largest absolute Gasteiger partial charge is 0.507 e. The van der Waals surface area contributed by atoms with Gasteiger partial charge in [-0.2, -0.15) is 0 Å². The predicted molar refractivity (Wildman–Crippen MR) is 81.7 cm³/mol. The molecule has 0 saturated heterocycles. The number of benzene rings is 2. The van der Waals surface area contributed by atoms with Crippen molar-refractivity contribution in [2.45, 2.75) is 0 Å². The molecule has 2 aromatic rings. The molecule has 0 unspecified atom stereocenters. The SMILES string of the molecule is COc1ccc(C2=N/C(=C/c3ccccc3O)C(=O)O2)cc1. The summed E-state index contributed by atoms with van der Waals surface area (Å²) >= 11 is 0. The first-order valence-electron chi connectivity index (χ1n) is 6.62. The van der Waals surface area contributed by atoms with Crippen molar-refractivity contribution in [2.24, 2.45) is 4.99 Å². The van der Waals surface area contributed by atoms with Gasteiger partial charge in [-0.1, -0.05) is 18.2 Å². The molecule has 0 spiro atoms. The van der Waals surface area contributed by atoms with E-state index in [4.69, 9.17) is 9.47 Å². The maximum Gasteiger partial charge on any atom is 0.363 e. The van der Waals surface area contributed by atoms with Gasteiger partial charge in [-0.15, -0.1) is 0 Å². The molecule has 0 fully saturated rings. The van der Waals surface area contributed by atoms with Crippen LogP contribution in [0.3, 0.4) is 0 Å². The smallest absolute Gasteiger partial charge is 0.363 e. The van der Waals surface area contributed by atoms with E-state index < -0.39 is 5.97 Å². The standard InChI is InChI=1S/C17H13NO4/c1-21-13-8-6-11(7-9-13)16-18-14(17(20)22-16)10-12-4-2-3-5-15(12)19/h2-10,19H,1H3/b14-10+. The number of aromatic hydroxyl groups is 1. The number of ether oxygens (including phenoxy) is 2. The number of hydrogen-bond acceptors (Lipinski definition) is 5. The second-order valence-corrected chi connectivity index (χ2v) is 4.62. The Morgan fingerprint density at radius 2 is 1.86 bits per heavy atom. The Morgan fingerprint density at radius 1 is 1.14 bits per heavy atom. The third-order valence-electron chi connectivity index (χ3n) is 3.19. The second-order valence-electron chi connectivity index (χ2n) is 4.62. The molecule has 5 nitrogen and oxygen atoms in total. The number of rotatable bonds is 3. The van der Waals surface area contributed by atoms with Gasteiger partial charge < -0.3 is 14.6 Å². The van der Waals surface area contributed by atoms with Crippen molar-refractivity contribution < 1.29 is 19.4 Å². The molecule has 22 heavy (non-hydrogen) atoms. The molecular formula is C17H13NO4. The van der Waals surface area contributed by atoms with Gasteiger partial charge in [0.15, 0.2) is 5.70 Å². The number of hydrogen-bond donors (Lipinski definition) is 1. The highest BCUT2D eigenvalue weighted by atomic mass is 16.6. The molecule has 1 N–H and O–H groups in total. The Kier molecular flexibility index (Phi) is 3.62. The summed E-state index contributed by atoms with van der Waals surface area (Å²) < 4.78 is 10.2. The molecule has 1 aliphatic heterocycles. The molecular weight excluding hydrogens is 282 g/mol. The molecule has 5 heteroatoms. The summed E-state index contributed by atoms with van der Waals surface area (Å²) in [6.07, 6.45) is 1.49. The maximum atomic E-state index is 11.9.